The Morgan fingerprint density at radius 1 is 0.451 bits per heavy atom. The molecule has 0 radical (unpaired) electrons. The summed E-state index contributed by atoms with van der Waals surface area (Å²) in [6.07, 6.45) is 51.0. The number of hydrogen-bond acceptors (Lipinski definition) is 5. The Kier molecular flexibility index (Phi) is 41.4. The van der Waals surface area contributed by atoms with Gasteiger partial charge < -0.3 is 14.6 Å². The maximum Gasteiger partial charge on any atom is 0.306 e. The van der Waals surface area contributed by atoms with Crippen LogP contribution in [0.15, 0.2) is 24.3 Å². The molecule has 0 amide bonds. The minimum Gasteiger partial charge on any atom is -0.462 e. The summed E-state index contributed by atoms with van der Waals surface area (Å²) in [5, 5.41) is 9.58. The van der Waals surface area contributed by atoms with Crippen LogP contribution in [0.4, 0.5) is 0 Å². The molecule has 0 aromatic carbocycles. The van der Waals surface area contributed by atoms with Gasteiger partial charge in [-0.15, -0.1) is 0 Å². The maximum atomic E-state index is 12.2. The molecule has 300 valence electrons. The number of unbranched alkanes of at least 4 members (excludes halogenated alkanes) is 29. The number of carbonyl (C=O) groups is 2. The van der Waals surface area contributed by atoms with Crippen molar-refractivity contribution in [1.82, 2.24) is 0 Å². The van der Waals surface area contributed by atoms with Gasteiger partial charge >= 0.3 is 11.9 Å². The van der Waals surface area contributed by atoms with Crippen LogP contribution in [0, 0.1) is 0 Å². The van der Waals surface area contributed by atoms with Gasteiger partial charge in [0.15, 0.2) is 6.10 Å². The average molecular weight is 719 g/mol. The van der Waals surface area contributed by atoms with Crippen LogP contribution < -0.4 is 0 Å². The van der Waals surface area contributed by atoms with Gasteiger partial charge in [0.25, 0.3) is 0 Å². The molecule has 0 aliphatic rings. The monoisotopic (exact) mass is 719 g/mol. The molecule has 0 saturated carbocycles. The van der Waals surface area contributed by atoms with Crippen LogP contribution in [0.3, 0.4) is 0 Å². The van der Waals surface area contributed by atoms with E-state index in [1.54, 1.807) is 0 Å². The summed E-state index contributed by atoms with van der Waals surface area (Å²) < 4.78 is 10.6. The zero-order chi connectivity index (χ0) is 37.1. The number of rotatable bonds is 41. The van der Waals surface area contributed by atoms with Gasteiger partial charge in [-0.3, -0.25) is 9.59 Å². The van der Waals surface area contributed by atoms with Gasteiger partial charge in [0.1, 0.15) is 6.61 Å². The van der Waals surface area contributed by atoms with Gasteiger partial charge in [-0.2, -0.15) is 0 Å². The Bertz CT molecular complexity index is 776. The van der Waals surface area contributed by atoms with E-state index in [1.807, 2.05) is 0 Å². The summed E-state index contributed by atoms with van der Waals surface area (Å²) in [6.45, 7) is 4.14. The van der Waals surface area contributed by atoms with E-state index in [4.69, 9.17) is 9.47 Å². The molecular weight excluding hydrogens is 633 g/mol. The molecule has 5 nitrogen and oxygen atoms in total. The van der Waals surface area contributed by atoms with Crippen molar-refractivity contribution in [2.45, 2.75) is 245 Å². The highest BCUT2D eigenvalue weighted by Crippen LogP contribution is 2.16. The number of aliphatic hydroxyl groups is 1. The number of ether oxygens (including phenoxy) is 2. The standard InChI is InChI=1S/C46H86O5/c1-3-5-7-9-11-13-15-17-19-21-23-25-26-28-30-32-34-36-38-40-45(48)50-43-44(42-47)51-46(49)41-39-37-35-33-31-29-27-24-22-20-18-16-14-12-10-8-6-4-2/h14,16,20,22,44,47H,3-13,15,17-19,21,23-43H2,1-2H3/b16-14-,22-20-. The van der Waals surface area contributed by atoms with Crippen molar-refractivity contribution in [2.75, 3.05) is 13.2 Å². The molecule has 0 heterocycles. The van der Waals surface area contributed by atoms with Gasteiger partial charge in [-0.05, 0) is 44.9 Å². The Balaban J connectivity index is 3.50. The highest BCUT2D eigenvalue weighted by molar-refractivity contribution is 5.70. The first-order chi connectivity index (χ1) is 25.1. The fraction of sp³-hybridized carbons (Fsp3) is 0.870. The van der Waals surface area contributed by atoms with Crippen LogP contribution >= 0.6 is 0 Å². The van der Waals surface area contributed by atoms with Gasteiger partial charge in [0, 0.05) is 12.8 Å². The molecule has 0 saturated heterocycles. The van der Waals surface area contributed by atoms with Crippen LogP contribution in [0.1, 0.15) is 239 Å². The highest BCUT2D eigenvalue weighted by atomic mass is 16.6. The molecule has 0 aliphatic carbocycles. The molecule has 0 rings (SSSR count). The van der Waals surface area contributed by atoms with Crippen LogP contribution in [0.25, 0.3) is 0 Å². The molecule has 5 heteroatoms. The largest absolute Gasteiger partial charge is 0.462 e. The zero-order valence-corrected chi connectivity index (χ0v) is 34.1. The predicted octanol–water partition coefficient (Wildman–Crippen LogP) is 14.2. The first kappa shape index (κ1) is 49.4. The first-order valence-electron chi connectivity index (χ1n) is 22.4. The fourth-order valence-electron chi connectivity index (χ4n) is 6.59. The normalized spacial score (nSPS) is 12.3. The molecule has 0 aromatic heterocycles. The SMILES string of the molecule is CCCCCC/C=C\C/C=C\CCCCCCCCCC(=O)OC(CO)COC(=O)CCCCCCCCCCCCCCCCCCCCC. The summed E-state index contributed by atoms with van der Waals surface area (Å²) in [4.78, 5) is 24.3. The number of hydrogen-bond donors (Lipinski definition) is 1. The summed E-state index contributed by atoms with van der Waals surface area (Å²) in [5.41, 5.74) is 0. The van der Waals surface area contributed by atoms with E-state index >= 15 is 0 Å². The molecule has 0 aromatic rings. The topological polar surface area (TPSA) is 72.8 Å². The molecule has 51 heavy (non-hydrogen) atoms. The lowest BCUT2D eigenvalue weighted by Crippen LogP contribution is -2.28. The Morgan fingerprint density at radius 2 is 0.784 bits per heavy atom. The van der Waals surface area contributed by atoms with Crippen molar-refractivity contribution < 1.29 is 24.2 Å². The Labute approximate surface area is 317 Å². The third-order valence-corrected chi connectivity index (χ3v) is 10.00. The van der Waals surface area contributed by atoms with Crippen molar-refractivity contribution in [2.24, 2.45) is 0 Å². The van der Waals surface area contributed by atoms with Gasteiger partial charge in [0.05, 0.1) is 6.61 Å². The molecular formula is C46H86O5. The molecule has 1 atom stereocenters. The molecule has 0 fully saturated rings. The zero-order valence-electron chi connectivity index (χ0n) is 34.1. The summed E-state index contributed by atoms with van der Waals surface area (Å²) >= 11 is 0. The molecule has 1 unspecified atom stereocenters. The highest BCUT2D eigenvalue weighted by Gasteiger charge is 2.16. The smallest absolute Gasteiger partial charge is 0.306 e. The van der Waals surface area contributed by atoms with E-state index in [2.05, 4.69) is 38.2 Å². The average Bonchev–Trinajstić information content (AvgIpc) is 3.13. The van der Waals surface area contributed by atoms with Crippen LogP contribution in [0.2, 0.25) is 0 Å². The molecule has 1 N–H and O–H groups in total. The third-order valence-electron chi connectivity index (χ3n) is 10.00. The van der Waals surface area contributed by atoms with Gasteiger partial charge in [0.2, 0.25) is 0 Å². The van der Waals surface area contributed by atoms with Crippen LogP contribution in [-0.4, -0.2) is 36.4 Å². The number of esters is 2. The van der Waals surface area contributed by atoms with Crippen molar-refractivity contribution in [3.05, 3.63) is 24.3 Å². The number of aliphatic hydroxyl groups excluding tert-OH is 1. The lowest BCUT2D eigenvalue weighted by atomic mass is 10.0. The third kappa shape index (κ3) is 41.0. The van der Waals surface area contributed by atoms with E-state index < -0.39 is 6.10 Å². The van der Waals surface area contributed by atoms with Crippen molar-refractivity contribution in [1.29, 1.82) is 0 Å². The molecule has 0 bridgehead atoms. The predicted molar refractivity (Wildman–Crippen MR) is 219 cm³/mol. The molecule has 0 aliphatic heterocycles. The summed E-state index contributed by atoms with van der Waals surface area (Å²) in [7, 11) is 0. The minimum atomic E-state index is -0.771. The van der Waals surface area contributed by atoms with E-state index in [0.717, 1.165) is 51.4 Å². The van der Waals surface area contributed by atoms with Crippen molar-refractivity contribution >= 4 is 11.9 Å². The minimum absolute atomic E-state index is 0.0643. The molecule has 0 spiro atoms. The number of allylic oxidation sites excluding steroid dienone is 4. The summed E-state index contributed by atoms with van der Waals surface area (Å²) in [5.74, 6) is -0.588. The lowest BCUT2D eigenvalue weighted by molar-refractivity contribution is -0.161. The van der Waals surface area contributed by atoms with Crippen LogP contribution in [-0.2, 0) is 19.1 Å². The number of carbonyl (C=O) groups excluding carboxylic acids is 2. The van der Waals surface area contributed by atoms with E-state index in [-0.39, 0.29) is 25.2 Å². The van der Waals surface area contributed by atoms with Crippen molar-refractivity contribution in [3.8, 4) is 0 Å². The van der Waals surface area contributed by atoms with E-state index in [1.165, 1.54) is 161 Å². The van der Waals surface area contributed by atoms with Gasteiger partial charge in [-0.25, -0.2) is 0 Å². The maximum absolute atomic E-state index is 12.2. The fourth-order valence-corrected chi connectivity index (χ4v) is 6.59. The van der Waals surface area contributed by atoms with E-state index in [9.17, 15) is 14.7 Å². The second-order valence-electron chi connectivity index (χ2n) is 15.1. The Morgan fingerprint density at radius 3 is 1.18 bits per heavy atom. The Hall–Kier alpha value is -1.62. The van der Waals surface area contributed by atoms with E-state index in [0.29, 0.717) is 12.8 Å². The second kappa shape index (κ2) is 42.8. The lowest BCUT2D eigenvalue weighted by Gasteiger charge is -2.15. The summed E-state index contributed by atoms with van der Waals surface area (Å²) in [6, 6.07) is 0. The van der Waals surface area contributed by atoms with Crippen molar-refractivity contribution in [3.63, 3.8) is 0 Å². The van der Waals surface area contributed by atoms with Gasteiger partial charge in [-0.1, -0.05) is 205 Å². The quantitative estimate of drug-likeness (QED) is 0.0387. The van der Waals surface area contributed by atoms with Crippen LogP contribution in [0.5, 0.6) is 0 Å². The first-order valence-corrected chi connectivity index (χ1v) is 22.4. The second-order valence-corrected chi connectivity index (χ2v) is 15.1.